The Morgan fingerprint density at radius 2 is 2.29 bits per heavy atom. The van der Waals surface area contributed by atoms with Gasteiger partial charge in [0.1, 0.15) is 11.5 Å². The van der Waals surface area contributed by atoms with Crippen molar-refractivity contribution < 1.29 is 22.3 Å². The van der Waals surface area contributed by atoms with E-state index in [0.29, 0.717) is 31.1 Å². The second kappa shape index (κ2) is 7.09. The summed E-state index contributed by atoms with van der Waals surface area (Å²) in [6, 6.07) is 5.00. The Bertz CT molecular complexity index is 576. The first kappa shape index (κ1) is 16.0. The van der Waals surface area contributed by atoms with Gasteiger partial charge in [0.25, 0.3) is 0 Å². The minimum Gasteiger partial charge on any atom is -0.494 e. The van der Waals surface area contributed by atoms with Crippen LogP contribution >= 0.6 is 0 Å². The van der Waals surface area contributed by atoms with E-state index in [1.165, 1.54) is 0 Å². The Morgan fingerprint density at radius 1 is 1.48 bits per heavy atom. The predicted octanol–water partition coefficient (Wildman–Crippen LogP) is 2.19. The molecule has 0 aliphatic carbocycles. The van der Waals surface area contributed by atoms with Crippen molar-refractivity contribution in [1.82, 2.24) is 4.72 Å². The first-order valence-corrected chi connectivity index (χ1v) is 8.66. The average Bonchev–Trinajstić information content (AvgIpc) is 2.46. The number of halogens is 1. The minimum absolute atomic E-state index is 0.00436. The van der Waals surface area contributed by atoms with Gasteiger partial charge in [0.2, 0.25) is 10.0 Å². The summed E-state index contributed by atoms with van der Waals surface area (Å²) in [5.41, 5.74) is 0.760. The fourth-order valence-electron chi connectivity index (χ4n) is 2.27. The number of rotatable bonds is 7. The van der Waals surface area contributed by atoms with Crippen LogP contribution in [-0.4, -0.2) is 34.1 Å². The highest BCUT2D eigenvalue weighted by molar-refractivity contribution is 7.89. The number of alkyl halides is 1. The van der Waals surface area contributed by atoms with E-state index in [0.717, 1.165) is 5.56 Å². The third-order valence-corrected chi connectivity index (χ3v) is 4.67. The molecule has 1 N–H and O–H groups in total. The third kappa shape index (κ3) is 4.31. The Kier molecular flexibility index (Phi) is 5.41. The van der Waals surface area contributed by atoms with Crippen molar-refractivity contribution in [2.24, 2.45) is 0 Å². The maximum atomic E-state index is 12.1. The molecule has 0 saturated carbocycles. The number of ether oxygens (including phenoxy) is 2. The highest BCUT2D eigenvalue weighted by Gasteiger charge is 2.26. The summed E-state index contributed by atoms with van der Waals surface area (Å²) in [5, 5.41) is 0. The maximum absolute atomic E-state index is 12.1. The lowest BCUT2D eigenvalue weighted by molar-refractivity contribution is 0.261. The molecule has 5 nitrogen and oxygen atoms in total. The normalized spacial score (nSPS) is 17.9. The molecule has 1 aromatic rings. The van der Waals surface area contributed by atoms with Crippen LogP contribution in [0.15, 0.2) is 18.2 Å². The Balaban J connectivity index is 2.18. The van der Waals surface area contributed by atoms with Gasteiger partial charge in [-0.1, -0.05) is 0 Å². The number of nitrogens with one attached hydrogen (secondary N) is 1. The molecular formula is C14H20FNO4S. The molecule has 21 heavy (non-hydrogen) atoms. The van der Waals surface area contributed by atoms with Gasteiger partial charge in [-0.15, -0.1) is 0 Å². The van der Waals surface area contributed by atoms with Crippen molar-refractivity contribution in [2.45, 2.75) is 25.8 Å². The van der Waals surface area contributed by atoms with Crippen LogP contribution in [0, 0.1) is 0 Å². The van der Waals surface area contributed by atoms with Crippen LogP contribution in [0.3, 0.4) is 0 Å². The van der Waals surface area contributed by atoms with Crippen molar-refractivity contribution in [3.8, 4) is 11.5 Å². The maximum Gasteiger partial charge on any atom is 0.212 e. The van der Waals surface area contributed by atoms with E-state index in [1.807, 2.05) is 6.92 Å². The fourth-order valence-corrected chi connectivity index (χ4v) is 3.56. The summed E-state index contributed by atoms with van der Waals surface area (Å²) in [6.07, 6.45) is 0.543. The van der Waals surface area contributed by atoms with Crippen LogP contribution in [0.4, 0.5) is 4.39 Å². The minimum atomic E-state index is -3.50. The molecule has 0 spiro atoms. The van der Waals surface area contributed by atoms with Crippen LogP contribution in [0.5, 0.6) is 11.5 Å². The van der Waals surface area contributed by atoms with Crippen molar-refractivity contribution in [3.05, 3.63) is 23.8 Å². The first-order chi connectivity index (χ1) is 10.1. The van der Waals surface area contributed by atoms with Crippen LogP contribution in [0.1, 0.15) is 31.4 Å². The molecule has 1 aromatic carbocycles. The molecule has 0 fully saturated rings. The molecule has 0 bridgehead atoms. The summed E-state index contributed by atoms with van der Waals surface area (Å²) >= 11 is 0. The molecule has 1 heterocycles. The number of fused-ring (bicyclic) bond motifs is 1. The SMILES string of the molecule is CCOc1ccc2c(c1)C(NS(=O)(=O)CCCF)CCO2. The standard InChI is InChI=1S/C14H20FNO4S/c1-2-19-11-4-5-14-12(10-11)13(6-8-20-14)16-21(17,18)9-3-7-15/h4-5,10,13,16H,2-3,6-9H2,1H3. The molecule has 1 unspecified atom stereocenters. The largest absolute Gasteiger partial charge is 0.494 e. The molecule has 1 aliphatic rings. The molecule has 0 amide bonds. The Morgan fingerprint density at radius 3 is 3.00 bits per heavy atom. The molecule has 0 aromatic heterocycles. The van der Waals surface area contributed by atoms with Gasteiger partial charge in [-0.3, -0.25) is 4.39 Å². The van der Waals surface area contributed by atoms with Gasteiger partial charge in [-0.25, -0.2) is 13.1 Å². The number of sulfonamides is 1. The average molecular weight is 317 g/mol. The summed E-state index contributed by atoms with van der Waals surface area (Å²) in [5.74, 6) is 1.12. The van der Waals surface area contributed by atoms with E-state index in [1.54, 1.807) is 18.2 Å². The van der Waals surface area contributed by atoms with Gasteiger partial charge in [-0.05, 0) is 31.5 Å². The summed E-state index contributed by atoms with van der Waals surface area (Å²) in [6.45, 7) is 2.22. The number of hydrogen-bond donors (Lipinski definition) is 1. The summed E-state index contributed by atoms with van der Waals surface area (Å²) < 4.78 is 49.6. The van der Waals surface area contributed by atoms with E-state index >= 15 is 0 Å². The van der Waals surface area contributed by atoms with Crippen LogP contribution in [0.2, 0.25) is 0 Å². The lowest BCUT2D eigenvalue weighted by Crippen LogP contribution is -2.33. The zero-order valence-corrected chi connectivity index (χ0v) is 12.8. The van der Waals surface area contributed by atoms with E-state index < -0.39 is 16.7 Å². The predicted molar refractivity (Wildman–Crippen MR) is 78.0 cm³/mol. The second-order valence-corrected chi connectivity index (χ2v) is 6.68. The zero-order valence-electron chi connectivity index (χ0n) is 12.0. The lowest BCUT2D eigenvalue weighted by atomic mass is 10.0. The van der Waals surface area contributed by atoms with Gasteiger partial charge >= 0.3 is 0 Å². The lowest BCUT2D eigenvalue weighted by Gasteiger charge is -2.27. The topological polar surface area (TPSA) is 64.6 Å². The molecule has 118 valence electrons. The molecule has 0 radical (unpaired) electrons. The van der Waals surface area contributed by atoms with E-state index in [2.05, 4.69) is 4.72 Å². The van der Waals surface area contributed by atoms with Crippen molar-refractivity contribution in [3.63, 3.8) is 0 Å². The van der Waals surface area contributed by atoms with Crippen molar-refractivity contribution in [1.29, 1.82) is 0 Å². The number of hydrogen-bond acceptors (Lipinski definition) is 4. The quantitative estimate of drug-likeness (QED) is 0.837. The molecular weight excluding hydrogens is 297 g/mol. The molecule has 1 aliphatic heterocycles. The molecule has 2 rings (SSSR count). The third-order valence-electron chi connectivity index (χ3n) is 3.20. The van der Waals surface area contributed by atoms with Gasteiger partial charge < -0.3 is 9.47 Å². The van der Waals surface area contributed by atoms with Gasteiger partial charge in [0, 0.05) is 12.0 Å². The van der Waals surface area contributed by atoms with Crippen LogP contribution < -0.4 is 14.2 Å². The van der Waals surface area contributed by atoms with Crippen LogP contribution in [0.25, 0.3) is 0 Å². The van der Waals surface area contributed by atoms with Gasteiger partial charge in [-0.2, -0.15) is 0 Å². The Hall–Kier alpha value is -1.34. The Labute approximate surface area is 124 Å². The highest BCUT2D eigenvalue weighted by atomic mass is 32.2. The van der Waals surface area contributed by atoms with E-state index in [-0.39, 0.29) is 18.2 Å². The van der Waals surface area contributed by atoms with Gasteiger partial charge in [0.05, 0.1) is 31.7 Å². The fraction of sp³-hybridized carbons (Fsp3) is 0.571. The van der Waals surface area contributed by atoms with Crippen molar-refractivity contribution in [2.75, 3.05) is 25.6 Å². The molecule has 1 atom stereocenters. The monoisotopic (exact) mass is 317 g/mol. The first-order valence-electron chi connectivity index (χ1n) is 7.01. The summed E-state index contributed by atoms with van der Waals surface area (Å²) in [4.78, 5) is 0. The van der Waals surface area contributed by atoms with E-state index in [9.17, 15) is 12.8 Å². The highest BCUT2D eigenvalue weighted by Crippen LogP contribution is 2.35. The smallest absolute Gasteiger partial charge is 0.212 e. The zero-order chi connectivity index (χ0) is 15.3. The number of benzene rings is 1. The second-order valence-electron chi connectivity index (χ2n) is 4.80. The van der Waals surface area contributed by atoms with Crippen LogP contribution in [-0.2, 0) is 10.0 Å². The van der Waals surface area contributed by atoms with Crippen molar-refractivity contribution >= 4 is 10.0 Å². The summed E-state index contributed by atoms with van der Waals surface area (Å²) in [7, 11) is -3.50. The van der Waals surface area contributed by atoms with Gasteiger partial charge in [0.15, 0.2) is 0 Å². The molecule has 7 heteroatoms. The molecule has 0 saturated heterocycles. The van der Waals surface area contributed by atoms with E-state index in [4.69, 9.17) is 9.47 Å².